The molecule has 1 aromatic carbocycles. The topological polar surface area (TPSA) is 17.1 Å². The summed E-state index contributed by atoms with van der Waals surface area (Å²) < 4.78 is 0. The maximum Gasteiger partial charge on any atom is 0.223 e. The lowest BCUT2D eigenvalue weighted by Gasteiger charge is -2.12. The summed E-state index contributed by atoms with van der Waals surface area (Å²) in [4.78, 5) is 14.0. The molecule has 1 rings (SSSR count). The molecule has 1 atom stereocenters. The van der Waals surface area contributed by atoms with Crippen molar-refractivity contribution in [2.75, 3.05) is 0 Å². The molecule has 2 heteroatoms. The van der Waals surface area contributed by atoms with Crippen LogP contribution in [-0.4, -0.2) is 5.12 Å². The first-order valence-electron chi connectivity index (χ1n) is 12.1. The average Bonchev–Trinajstić information content (AvgIpc) is 2.73. The van der Waals surface area contributed by atoms with E-state index < -0.39 is 0 Å². The molecule has 0 heterocycles. The number of thioether (sulfide) groups is 1. The van der Waals surface area contributed by atoms with Crippen LogP contribution in [0.25, 0.3) is 0 Å². The van der Waals surface area contributed by atoms with Crippen molar-refractivity contribution in [2.45, 2.75) is 111 Å². The van der Waals surface area contributed by atoms with Crippen molar-refractivity contribution in [3.63, 3.8) is 0 Å². The molecule has 164 valence electrons. The Bertz CT molecular complexity index is 549. The van der Waals surface area contributed by atoms with Crippen molar-refractivity contribution in [3.05, 3.63) is 46.9 Å². The maximum absolute atomic E-state index is 12.7. The standard InChI is InChI=1S/C27H44OS/c1-4-6-8-10-11-13-15-19-24(3)23-26(22-18-12-9-7-5-2)29-27(28)25-20-16-14-17-21-25/h14,16-17,20-21,23-24H,4-13,15,18-19,22H2,1-3H3/b26-23+. The van der Waals surface area contributed by atoms with Crippen LogP contribution < -0.4 is 0 Å². The Morgan fingerprint density at radius 1 is 0.828 bits per heavy atom. The van der Waals surface area contributed by atoms with Gasteiger partial charge in [0, 0.05) is 5.56 Å². The predicted molar refractivity (Wildman–Crippen MR) is 132 cm³/mol. The van der Waals surface area contributed by atoms with Crippen LogP contribution in [0.1, 0.15) is 121 Å². The highest BCUT2D eigenvalue weighted by Gasteiger charge is 2.11. The normalized spacial score (nSPS) is 12.9. The van der Waals surface area contributed by atoms with Crippen molar-refractivity contribution in [2.24, 2.45) is 5.92 Å². The Labute approximate surface area is 185 Å². The molecule has 0 radical (unpaired) electrons. The van der Waals surface area contributed by atoms with Crippen molar-refractivity contribution in [1.29, 1.82) is 0 Å². The number of allylic oxidation sites excluding steroid dienone is 2. The highest BCUT2D eigenvalue weighted by molar-refractivity contribution is 8.17. The molecule has 0 fully saturated rings. The van der Waals surface area contributed by atoms with Gasteiger partial charge in [-0.25, -0.2) is 0 Å². The van der Waals surface area contributed by atoms with Gasteiger partial charge in [0.15, 0.2) is 0 Å². The van der Waals surface area contributed by atoms with Gasteiger partial charge in [-0.1, -0.05) is 140 Å². The van der Waals surface area contributed by atoms with Gasteiger partial charge in [-0.15, -0.1) is 0 Å². The van der Waals surface area contributed by atoms with E-state index in [1.165, 1.54) is 100 Å². The summed E-state index contributed by atoms with van der Waals surface area (Å²) in [5, 5.41) is 0.188. The number of benzene rings is 1. The fourth-order valence-electron chi connectivity index (χ4n) is 3.65. The van der Waals surface area contributed by atoms with E-state index in [4.69, 9.17) is 0 Å². The smallest absolute Gasteiger partial charge is 0.223 e. The minimum atomic E-state index is 0.188. The molecule has 0 N–H and O–H groups in total. The van der Waals surface area contributed by atoms with Gasteiger partial charge in [-0.3, -0.25) is 4.79 Å². The molecule has 1 unspecified atom stereocenters. The molecule has 29 heavy (non-hydrogen) atoms. The maximum atomic E-state index is 12.7. The molecule has 0 saturated carbocycles. The highest BCUT2D eigenvalue weighted by atomic mass is 32.2. The van der Waals surface area contributed by atoms with Gasteiger partial charge in [0.25, 0.3) is 0 Å². The van der Waals surface area contributed by atoms with Crippen LogP contribution in [0.3, 0.4) is 0 Å². The van der Waals surface area contributed by atoms with Crippen molar-refractivity contribution in [3.8, 4) is 0 Å². The van der Waals surface area contributed by atoms with Gasteiger partial charge >= 0.3 is 0 Å². The number of rotatable bonds is 17. The van der Waals surface area contributed by atoms with Crippen molar-refractivity contribution in [1.82, 2.24) is 0 Å². The SMILES string of the molecule is CCCCCCCCCC(C)/C=C(\CCCCCCC)SC(=O)c1ccccc1. The van der Waals surface area contributed by atoms with Crippen LogP contribution in [0.5, 0.6) is 0 Å². The predicted octanol–water partition coefficient (Wildman–Crippen LogP) is 9.58. The minimum Gasteiger partial charge on any atom is -0.281 e. The monoisotopic (exact) mass is 416 g/mol. The Kier molecular flexibility index (Phi) is 16.0. The van der Waals surface area contributed by atoms with E-state index >= 15 is 0 Å². The van der Waals surface area contributed by atoms with E-state index in [0.717, 1.165) is 12.0 Å². The Morgan fingerprint density at radius 2 is 1.38 bits per heavy atom. The van der Waals surface area contributed by atoms with Gasteiger partial charge < -0.3 is 0 Å². The molecule has 0 spiro atoms. The average molecular weight is 417 g/mol. The van der Waals surface area contributed by atoms with E-state index in [0.29, 0.717) is 5.92 Å². The third-order valence-corrected chi connectivity index (χ3v) is 6.52. The zero-order chi connectivity index (χ0) is 21.2. The Balaban J connectivity index is 2.48. The van der Waals surface area contributed by atoms with Gasteiger partial charge in [-0.05, 0) is 30.1 Å². The number of carbonyl (C=O) groups is 1. The first kappa shape index (κ1) is 26.0. The lowest BCUT2D eigenvalue weighted by Crippen LogP contribution is -1.97. The van der Waals surface area contributed by atoms with Gasteiger partial charge in [-0.2, -0.15) is 0 Å². The second-order valence-electron chi connectivity index (χ2n) is 8.44. The van der Waals surface area contributed by atoms with E-state index in [1.54, 1.807) is 0 Å². The van der Waals surface area contributed by atoms with Crippen LogP contribution in [0.2, 0.25) is 0 Å². The highest BCUT2D eigenvalue weighted by Crippen LogP contribution is 2.29. The summed E-state index contributed by atoms with van der Waals surface area (Å²) in [6.07, 6.45) is 20.6. The summed E-state index contributed by atoms with van der Waals surface area (Å²) in [5.41, 5.74) is 0.814. The summed E-state index contributed by atoms with van der Waals surface area (Å²) in [5.74, 6) is 0.562. The van der Waals surface area contributed by atoms with Gasteiger partial charge in [0.2, 0.25) is 5.12 Å². The van der Waals surface area contributed by atoms with Gasteiger partial charge in [0.05, 0.1) is 0 Å². The molecule has 0 bridgehead atoms. The van der Waals surface area contributed by atoms with Crippen LogP contribution in [0.4, 0.5) is 0 Å². The lowest BCUT2D eigenvalue weighted by atomic mass is 10.0. The number of hydrogen-bond acceptors (Lipinski definition) is 2. The van der Waals surface area contributed by atoms with Crippen molar-refractivity contribution >= 4 is 16.9 Å². The molecule has 0 saturated heterocycles. The van der Waals surface area contributed by atoms with E-state index in [9.17, 15) is 4.79 Å². The number of carbonyl (C=O) groups excluding carboxylic acids is 1. The second kappa shape index (κ2) is 17.8. The quantitative estimate of drug-likeness (QED) is 0.235. The largest absolute Gasteiger partial charge is 0.281 e. The zero-order valence-corrected chi connectivity index (χ0v) is 20.1. The molecule has 0 amide bonds. The summed E-state index contributed by atoms with van der Waals surface area (Å²) >= 11 is 1.46. The van der Waals surface area contributed by atoms with Crippen molar-refractivity contribution < 1.29 is 4.79 Å². The first-order chi connectivity index (χ1) is 14.2. The number of hydrogen-bond donors (Lipinski definition) is 0. The summed E-state index contributed by atoms with van der Waals surface area (Å²) in [7, 11) is 0. The molecule has 1 aromatic rings. The van der Waals surface area contributed by atoms with Crippen LogP contribution in [-0.2, 0) is 0 Å². The summed E-state index contributed by atoms with van der Waals surface area (Å²) in [6.45, 7) is 6.85. The van der Waals surface area contributed by atoms with E-state index in [-0.39, 0.29) is 5.12 Å². The molecule has 0 aliphatic rings. The number of unbranched alkanes of at least 4 members (excludes halogenated alkanes) is 10. The zero-order valence-electron chi connectivity index (χ0n) is 19.3. The van der Waals surface area contributed by atoms with Crippen LogP contribution in [0, 0.1) is 5.92 Å². The molecular formula is C27H44OS. The second-order valence-corrected chi connectivity index (χ2v) is 9.54. The first-order valence-corrected chi connectivity index (χ1v) is 13.0. The lowest BCUT2D eigenvalue weighted by molar-refractivity contribution is 0.108. The third-order valence-electron chi connectivity index (χ3n) is 5.49. The summed E-state index contributed by atoms with van der Waals surface area (Å²) in [6, 6.07) is 9.72. The van der Waals surface area contributed by atoms with E-state index in [2.05, 4.69) is 26.8 Å². The minimum absolute atomic E-state index is 0.188. The van der Waals surface area contributed by atoms with Gasteiger partial charge in [0.1, 0.15) is 0 Å². The molecule has 0 aromatic heterocycles. The fourth-order valence-corrected chi connectivity index (χ4v) is 4.69. The third kappa shape index (κ3) is 13.8. The Morgan fingerprint density at radius 3 is 2.00 bits per heavy atom. The van der Waals surface area contributed by atoms with Crippen LogP contribution in [0.15, 0.2) is 41.3 Å². The fraction of sp³-hybridized carbons (Fsp3) is 0.667. The molecular weight excluding hydrogens is 372 g/mol. The molecule has 0 aliphatic carbocycles. The van der Waals surface area contributed by atoms with Crippen LogP contribution >= 0.6 is 11.8 Å². The molecule has 1 nitrogen and oxygen atoms in total. The molecule has 0 aliphatic heterocycles. The van der Waals surface area contributed by atoms with E-state index in [1.807, 2.05) is 30.3 Å². The Hall–Kier alpha value is -1.02.